The second-order valence-corrected chi connectivity index (χ2v) is 3.83. The maximum absolute atomic E-state index is 5.64. The first-order chi connectivity index (χ1) is 7.83. The first kappa shape index (κ1) is 9.14. The highest BCUT2D eigenvalue weighted by Gasteiger charge is 2.19. The normalized spacial score (nSPS) is 14.9. The fourth-order valence-corrected chi connectivity index (χ4v) is 1.91. The molecule has 1 aliphatic heterocycles. The third kappa shape index (κ3) is 1.48. The van der Waals surface area contributed by atoms with Crippen LogP contribution >= 0.6 is 0 Å². The van der Waals surface area contributed by atoms with Gasteiger partial charge in [-0.15, -0.1) is 0 Å². The lowest BCUT2D eigenvalue weighted by molar-refractivity contribution is 0.699. The van der Waals surface area contributed by atoms with Crippen LogP contribution in [0.3, 0.4) is 0 Å². The molecule has 0 aliphatic carbocycles. The van der Waals surface area contributed by atoms with Crippen molar-refractivity contribution in [2.24, 2.45) is 0 Å². The van der Waals surface area contributed by atoms with E-state index >= 15 is 0 Å². The molecule has 0 radical (unpaired) electrons. The standard InChI is InChI=1S/C10H12N6/c11-9-1-3-12-10(14-9)16-4-2-8-7(6-16)5-13-15-8/h1,3,5H,2,4,6H2,(H,13,15)(H2,11,12,14). The zero-order chi connectivity index (χ0) is 11.0. The number of nitrogens with zero attached hydrogens (tertiary/aromatic N) is 4. The summed E-state index contributed by atoms with van der Waals surface area (Å²) >= 11 is 0. The minimum absolute atomic E-state index is 0.503. The topological polar surface area (TPSA) is 83.7 Å². The van der Waals surface area contributed by atoms with Crippen molar-refractivity contribution in [1.29, 1.82) is 0 Å². The van der Waals surface area contributed by atoms with Crippen molar-refractivity contribution >= 4 is 11.8 Å². The third-order valence-electron chi connectivity index (χ3n) is 2.75. The first-order valence-electron chi connectivity index (χ1n) is 5.17. The van der Waals surface area contributed by atoms with Crippen molar-refractivity contribution in [3.63, 3.8) is 0 Å². The molecule has 2 aromatic rings. The number of aromatic nitrogens is 4. The van der Waals surface area contributed by atoms with E-state index in [0.29, 0.717) is 11.8 Å². The second-order valence-electron chi connectivity index (χ2n) is 3.83. The van der Waals surface area contributed by atoms with Gasteiger partial charge in [-0.25, -0.2) is 4.98 Å². The van der Waals surface area contributed by atoms with Crippen LogP contribution in [-0.2, 0) is 13.0 Å². The van der Waals surface area contributed by atoms with Crippen molar-refractivity contribution in [2.75, 3.05) is 17.2 Å². The number of anilines is 2. The van der Waals surface area contributed by atoms with Crippen molar-refractivity contribution < 1.29 is 0 Å². The smallest absolute Gasteiger partial charge is 0.227 e. The Kier molecular flexibility index (Phi) is 1.99. The summed E-state index contributed by atoms with van der Waals surface area (Å²) in [7, 11) is 0. The summed E-state index contributed by atoms with van der Waals surface area (Å²) in [4.78, 5) is 10.5. The molecule has 0 fully saturated rings. The Hall–Kier alpha value is -2.11. The Morgan fingerprint density at radius 3 is 3.25 bits per heavy atom. The molecule has 0 atom stereocenters. The largest absolute Gasteiger partial charge is 0.384 e. The number of H-pyrrole nitrogens is 1. The Bertz CT molecular complexity index is 506. The highest BCUT2D eigenvalue weighted by atomic mass is 15.3. The highest BCUT2D eigenvalue weighted by Crippen LogP contribution is 2.20. The number of fused-ring (bicyclic) bond motifs is 1. The van der Waals surface area contributed by atoms with E-state index in [-0.39, 0.29) is 0 Å². The molecule has 16 heavy (non-hydrogen) atoms. The van der Waals surface area contributed by atoms with Gasteiger partial charge in [-0.05, 0) is 6.07 Å². The monoisotopic (exact) mass is 216 g/mol. The molecular weight excluding hydrogens is 204 g/mol. The Balaban J connectivity index is 1.88. The molecule has 0 amide bonds. The number of hydrogen-bond acceptors (Lipinski definition) is 5. The van der Waals surface area contributed by atoms with Crippen molar-refractivity contribution in [3.05, 3.63) is 29.7 Å². The van der Waals surface area contributed by atoms with Crippen molar-refractivity contribution in [1.82, 2.24) is 20.2 Å². The van der Waals surface area contributed by atoms with Crippen LogP contribution < -0.4 is 10.6 Å². The van der Waals surface area contributed by atoms with E-state index in [1.807, 2.05) is 6.20 Å². The molecule has 0 saturated heterocycles. The molecule has 3 heterocycles. The predicted octanol–water partition coefficient (Wildman–Crippen LogP) is 0.345. The first-order valence-corrected chi connectivity index (χ1v) is 5.17. The Morgan fingerprint density at radius 1 is 1.44 bits per heavy atom. The van der Waals surface area contributed by atoms with Gasteiger partial charge in [-0.3, -0.25) is 5.10 Å². The molecule has 0 bridgehead atoms. The summed E-state index contributed by atoms with van der Waals surface area (Å²) < 4.78 is 0. The van der Waals surface area contributed by atoms with E-state index in [9.17, 15) is 0 Å². The van der Waals surface area contributed by atoms with E-state index < -0.39 is 0 Å². The van der Waals surface area contributed by atoms with E-state index in [1.54, 1.807) is 12.3 Å². The summed E-state index contributed by atoms with van der Waals surface area (Å²) in [5.74, 6) is 1.19. The number of hydrogen-bond donors (Lipinski definition) is 2. The van der Waals surface area contributed by atoms with Crippen LogP contribution in [0.2, 0.25) is 0 Å². The lowest BCUT2D eigenvalue weighted by Crippen LogP contribution is -2.31. The zero-order valence-corrected chi connectivity index (χ0v) is 8.72. The van der Waals surface area contributed by atoms with Gasteiger partial charge < -0.3 is 10.6 Å². The maximum atomic E-state index is 5.64. The highest BCUT2D eigenvalue weighted by molar-refractivity contribution is 5.40. The van der Waals surface area contributed by atoms with Gasteiger partial charge in [0.15, 0.2) is 0 Å². The van der Waals surface area contributed by atoms with Crippen LogP contribution in [0.4, 0.5) is 11.8 Å². The average molecular weight is 216 g/mol. The third-order valence-corrected chi connectivity index (χ3v) is 2.75. The summed E-state index contributed by atoms with van der Waals surface area (Å²) in [6.07, 6.45) is 4.48. The van der Waals surface area contributed by atoms with E-state index in [4.69, 9.17) is 5.73 Å². The van der Waals surface area contributed by atoms with Crippen LogP contribution in [0.1, 0.15) is 11.3 Å². The number of nitrogen functional groups attached to an aromatic ring is 1. The quantitative estimate of drug-likeness (QED) is 0.718. The molecule has 6 heteroatoms. The van der Waals surface area contributed by atoms with Gasteiger partial charge >= 0.3 is 0 Å². The number of nitrogens with two attached hydrogens (primary N) is 1. The second kappa shape index (κ2) is 3.48. The maximum Gasteiger partial charge on any atom is 0.227 e. The van der Waals surface area contributed by atoms with Crippen LogP contribution in [0.5, 0.6) is 0 Å². The number of rotatable bonds is 1. The van der Waals surface area contributed by atoms with Gasteiger partial charge in [0.1, 0.15) is 5.82 Å². The fourth-order valence-electron chi connectivity index (χ4n) is 1.91. The predicted molar refractivity (Wildman–Crippen MR) is 59.8 cm³/mol. The van der Waals surface area contributed by atoms with Crippen LogP contribution in [0.15, 0.2) is 18.5 Å². The fraction of sp³-hybridized carbons (Fsp3) is 0.300. The van der Waals surface area contributed by atoms with Gasteiger partial charge in [-0.1, -0.05) is 0 Å². The SMILES string of the molecule is Nc1ccnc(N2CCc3[nH]ncc3C2)n1. The van der Waals surface area contributed by atoms with E-state index in [2.05, 4.69) is 25.1 Å². The summed E-state index contributed by atoms with van der Waals surface area (Å²) in [5.41, 5.74) is 8.06. The molecular formula is C10H12N6. The molecule has 0 spiro atoms. The number of nitrogens with one attached hydrogen (secondary N) is 1. The van der Waals surface area contributed by atoms with E-state index in [1.165, 1.54) is 11.3 Å². The van der Waals surface area contributed by atoms with Crippen LogP contribution in [0, 0.1) is 0 Å². The van der Waals surface area contributed by atoms with Crippen LogP contribution in [-0.4, -0.2) is 26.7 Å². The van der Waals surface area contributed by atoms with Gasteiger partial charge in [-0.2, -0.15) is 10.1 Å². The number of aromatic amines is 1. The van der Waals surface area contributed by atoms with Gasteiger partial charge in [0, 0.05) is 37.0 Å². The summed E-state index contributed by atoms with van der Waals surface area (Å²) in [5, 5.41) is 7.03. The molecule has 3 rings (SSSR count). The molecule has 2 aromatic heterocycles. The average Bonchev–Trinajstić information content (AvgIpc) is 2.75. The zero-order valence-electron chi connectivity index (χ0n) is 8.72. The van der Waals surface area contributed by atoms with E-state index in [0.717, 1.165) is 19.5 Å². The van der Waals surface area contributed by atoms with Crippen molar-refractivity contribution in [2.45, 2.75) is 13.0 Å². The lowest BCUT2D eigenvalue weighted by atomic mass is 10.1. The van der Waals surface area contributed by atoms with Crippen molar-refractivity contribution in [3.8, 4) is 0 Å². The molecule has 82 valence electrons. The van der Waals surface area contributed by atoms with Gasteiger partial charge in [0.25, 0.3) is 0 Å². The molecule has 1 aliphatic rings. The minimum Gasteiger partial charge on any atom is -0.384 e. The molecule has 0 unspecified atom stereocenters. The summed E-state index contributed by atoms with van der Waals surface area (Å²) in [6, 6.07) is 1.69. The van der Waals surface area contributed by atoms with Gasteiger partial charge in [0.2, 0.25) is 5.95 Å². The lowest BCUT2D eigenvalue weighted by Gasteiger charge is -2.26. The molecule has 0 saturated carbocycles. The van der Waals surface area contributed by atoms with Gasteiger partial charge in [0.05, 0.1) is 6.20 Å². The molecule has 6 nitrogen and oxygen atoms in total. The summed E-state index contributed by atoms with van der Waals surface area (Å²) in [6.45, 7) is 1.67. The Morgan fingerprint density at radius 2 is 2.38 bits per heavy atom. The Labute approximate surface area is 92.5 Å². The molecule has 3 N–H and O–H groups in total. The van der Waals surface area contributed by atoms with Crippen LogP contribution in [0.25, 0.3) is 0 Å². The molecule has 0 aromatic carbocycles. The minimum atomic E-state index is 0.503.